The molecular weight excluding hydrogens is 275 g/mol. The van der Waals surface area contributed by atoms with Crippen LogP contribution in [0.15, 0.2) is 39.5 Å². The number of fused-ring (bicyclic) bond motifs is 1. The summed E-state index contributed by atoms with van der Waals surface area (Å²) < 4.78 is 5.27. The number of furan rings is 1. The van der Waals surface area contributed by atoms with E-state index in [4.69, 9.17) is 27.6 Å². The van der Waals surface area contributed by atoms with E-state index in [-0.39, 0.29) is 5.69 Å². The zero-order chi connectivity index (χ0) is 12.7. The summed E-state index contributed by atoms with van der Waals surface area (Å²) in [6, 6.07) is 8.80. The fraction of sp³-hybridized carbons (Fsp3) is 0.0833. The van der Waals surface area contributed by atoms with Gasteiger partial charge in [-0.3, -0.25) is 0 Å². The normalized spacial score (nSPS) is 13.0. The third-order valence-corrected chi connectivity index (χ3v) is 3.35. The number of aromatic nitrogens is 2. The Balaban J connectivity index is 2.05. The molecule has 0 bridgehead atoms. The van der Waals surface area contributed by atoms with Gasteiger partial charge in [-0.2, -0.15) is 0 Å². The average Bonchev–Trinajstić information content (AvgIpc) is 2.92. The first-order chi connectivity index (χ1) is 8.63. The van der Waals surface area contributed by atoms with Crippen molar-refractivity contribution in [2.45, 2.75) is 5.38 Å². The third kappa shape index (κ3) is 1.94. The van der Waals surface area contributed by atoms with E-state index in [9.17, 15) is 4.79 Å². The van der Waals surface area contributed by atoms with E-state index < -0.39 is 5.38 Å². The Labute approximate surface area is 112 Å². The number of nitrogens with one attached hydrogen (secondary N) is 2. The van der Waals surface area contributed by atoms with Crippen molar-refractivity contribution in [1.82, 2.24) is 9.97 Å². The first kappa shape index (κ1) is 11.4. The van der Waals surface area contributed by atoms with Crippen LogP contribution in [0.4, 0.5) is 0 Å². The molecule has 0 aliphatic heterocycles. The van der Waals surface area contributed by atoms with Crippen LogP contribution in [0.5, 0.6) is 0 Å². The van der Waals surface area contributed by atoms with Gasteiger partial charge in [-0.05, 0) is 41.4 Å². The van der Waals surface area contributed by atoms with Crippen LogP contribution in [0.3, 0.4) is 0 Å². The fourth-order valence-corrected chi connectivity index (χ4v) is 2.24. The van der Waals surface area contributed by atoms with E-state index in [0.717, 1.165) is 11.1 Å². The summed E-state index contributed by atoms with van der Waals surface area (Å²) in [5, 5.41) is -0.146. The second-order valence-electron chi connectivity index (χ2n) is 3.89. The molecule has 2 heterocycles. The highest BCUT2D eigenvalue weighted by Gasteiger charge is 2.15. The molecule has 1 unspecified atom stereocenters. The number of halogens is 2. The van der Waals surface area contributed by atoms with Gasteiger partial charge in [0, 0.05) is 0 Å². The van der Waals surface area contributed by atoms with Crippen LogP contribution in [0, 0.1) is 0 Å². The maximum absolute atomic E-state index is 11.2. The van der Waals surface area contributed by atoms with Gasteiger partial charge in [0.15, 0.2) is 5.22 Å². The highest BCUT2D eigenvalue weighted by atomic mass is 35.5. The maximum atomic E-state index is 11.2. The number of aromatic amines is 2. The van der Waals surface area contributed by atoms with Crippen LogP contribution in [-0.4, -0.2) is 9.97 Å². The lowest BCUT2D eigenvalue weighted by Gasteiger charge is -2.06. The molecule has 2 N–H and O–H groups in total. The van der Waals surface area contributed by atoms with E-state index in [1.165, 1.54) is 0 Å². The van der Waals surface area contributed by atoms with Crippen LogP contribution in [0.25, 0.3) is 11.0 Å². The molecule has 4 nitrogen and oxygen atoms in total. The Bertz CT molecular complexity index is 757. The molecular formula is C12H8Cl2N2O2. The van der Waals surface area contributed by atoms with E-state index in [1.807, 2.05) is 6.07 Å². The van der Waals surface area contributed by atoms with Gasteiger partial charge in [-0.15, -0.1) is 11.6 Å². The van der Waals surface area contributed by atoms with Crippen molar-refractivity contribution in [3.05, 3.63) is 57.4 Å². The zero-order valence-electron chi connectivity index (χ0n) is 9.04. The van der Waals surface area contributed by atoms with Crippen LogP contribution >= 0.6 is 23.2 Å². The van der Waals surface area contributed by atoms with E-state index in [0.29, 0.717) is 16.5 Å². The number of imidazole rings is 1. The van der Waals surface area contributed by atoms with Crippen LogP contribution in [-0.2, 0) is 0 Å². The summed E-state index contributed by atoms with van der Waals surface area (Å²) in [6.45, 7) is 0. The highest BCUT2D eigenvalue weighted by molar-refractivity contribution is 6.29. The number of hydrogen-bond acceptors (Lipinski definition) is 2. The van der Waals surface area contributed by atoms with Crippen LogP contribution < -0.4 is 5.69 Å². The Kier molecular flexibility index (Phi) is 2.69. The summed E-state index contributed by atoms with van der Waals surface area (Å²) in [5.41, 5.74) is 2.03. The van der Waals surface area contributed by atoms with E-state index in [2.05, 4.69) is 9.97 Å². The standard InChI is InChI=1S/C12H8Cl2N2O2/c13-10-4-3-9(18-10)11(14)6-1-2-7-8(5-6)16-12(17)15-7/h1-5,11H,(H2,15,16,17). The molecule has 0 aliphatic carbocycles. The van der Waals surface area contributed by atoms with Gasteiger partial charge in [-0.25, -0.2) is 4.79 Å². The maximum Gasteiger partial charge on any atom is 0.323 e. The van der Waals surface area contributed by atoms with Gasteiger partial charge >= 0.3 is 5.69 Å². The number of rotatable bonds is 2. The molecule has 3 rings (SSSR count). The third-order valence-electron chi connectivity index (χ3n) is 2.68. The molecule has 0 saturated carbocycles. The molecule has 18 heavy (non-hydrogen) atoms. The molecule has 0 fully saturated rings. The molecule has 2 aromatic heterocycles. The topological polar surface area (TPSA) is 61.8 Å². The van der Waals surface area contributed by atoms with Crippen molar-refractivity contribution in [3.63, 3.8) is 0 Å². The lowest BCUT2D eigenvalue weighted by Crippen LogP contribution is -1.99. The predicted octanol–water partition coefficient (Wildman–Crippen LogP) is 3.43. The number of hydrogen-bond donors (Lipinski definition) is 2. The van der Waals surface area contributed by atoms with Crippen molar-refractivity contribution in [2.75, 3.05) is 0 Å². The minimum Gasteiger partial charge on any atom is -0.448 e. The van der Waals surface area contributed by atoms with Crippen molar-refractivity contribution in [2.24, 2.45) is 0 Å². The molecule has 1 atom stereocenters. The van der Waals surface area contributed by atoms with Crippen molar-refractivity contribution < 1.29 is 4.42 Å². The first-order valence-corrected chi connectivity index (χ1v) is 6.06. The summed E-state index contributed by atoms with van der Waals surface area (Å²) in [6.07, 6.45) is 0. The molecule has 0 radical (unpaired) electrons. The number of H-pyrrole nitrogens is 2. The summed E-state index contributed by atoms with van der Waals surface area (Å²) in [4.78, 5) is 16.5. The molecule has 1 aromatic carbocycles. The minimum atomic E-state index is -0.444. The fourth-order valence-electron chi connectivity index (χ4n) is 1.84. The zero-order valence-corrected chi connectivity index (χ0v) is 10.5. The molecule has 0 aliphatic rings. The van der Waals surface area contributed by atoms with Gasteiger partial charge in [0.25, 0.3) is 0 Å². The van der Waals surface area contributed by atoms with Gasteiger partial charge in [0.05, 0.1) is 11.0 Å². The SMILES string of the molecule is O=c1[nH]c2ccc(C(Cl)c3ccc(Cl)o3)cc2[nH]1. The monoisotopic (exact) mass is 282 g/mol. The number of benzene rings is 1. The molecule has 0 amide bonds. The summed E-state index contributed by atoms with van der Waals surface area (Å²) >= 11 is 12.0. The Hall–Kier alpha value is -1.65. The largest absolute Gasteiger partial charge is 0.448 e. The highest BCUT2D eigenvalue weighted by Crippen LogP contribution is 2.32. The quantitative estimate of drug-likeness (QED) is 0.708. The van der Waals surface area contributed by atoms with Crippen LogP contribution in [0.2, 0.25) is 5.22 Å². The van der Waals surface area contributed by atoms with Gasteiger partial charge in [-0.1, -0.05) is 6.07 Å². The predicted molar refractivity (Wildman–Crippen MR) is 70.3 cm³/mol. The van der Waals surface area contributed by atoms with E-state index in [1.54, 1.807) is 24.3 Å². The summed E-state index contributed by atoms with van der Waals surface area (Å²) in [5.74, 6) is 0.568. The Morgan fingerprint density at radius 3 is 2.61 bits per heavy atom. The lowest BCUT2D eigenvalue weighted by molar-refractivity contribution is 0.518. The molecule has 6 heteroatoms. The smallest absolute Gasteiger partial charge is 0.323 e. The second kappa shape index (κ2) is 4.23. The Morgan fingerprint density at radius 1 is 1.11 bits per heavy atom. The van der Waals surface area contributed by atoms with Crippen molar-refractivity contribution >= 4 is 34.2 Å². The van der Waals surface area contributed by atoms with Crippen molar-refractivity contribution in [3.8, 4) is 0 Å². The number of alkyl halides is 1. The molecule has 0 spiro atoms. The van der Waals surface area contributed by atoms with Crippen molar-refractivity contribution in [1.29, 1.82) is 0 Å². The van der Waals surface area contributed by atoms with Gasteiger partial charge in [0.2, 0.25) is 0 Å². The van der Waals surface area contributed by atoms with Crippen LogP contribution in [0.1, 0.15) is 16.7 Å². The molecule has 92 valence electrons. The van der Waals surface area contributed by atoms with Gasteiger partial charge < -0.3 is 14.4 Å². The molecule has 3 aromatic rings. The Morgan fingerprint density at radius 2 is 1.89 bits per heavy atom. The lowest BCUT2D eigenvalue weighted by atomic mass is 10.1. The molecule has 0 saturated heterocycles. The first-order valence-electron chi connectivity index (χ1n) is 5.25. The van der Waals surface area contributed by atoms with E-state index >= 15 is 0 Å². The van der Waals surface area contributed by atoms with Gasteiger partial charge in [0.1, 0.15) is 11.1 Å². The summed E-state index contributed by atoms with van der Waals surface area (Å²) in [7, 11) is 0. The second-order valence-corrected chi connectivity index (χ2v) is 4.70. The minimum absolute atomic E-state index is 0.241. The average molecular weight is 283 g/mol.